The topological polar surface area (TPSA) is 47.4 Å². The number of rotatable bonds is 2. The smallest absolute Gasteiger partial charge is 0.264 e. The molecule has 1 saturated heterocycles. The van der Waals surface area contributed by atoms with Crippen LogP contribution in [0, 0.1) is 0 Å². The average Bonchev–Trinajstić information content (AvgIpc) is 3.20. The van der Waals surface area contributed by atoms with Gasteiger partial charge in [-0.25, -0.2) is 0 Å². The van der Waals surface area contributed by atoms with Crippen LogP contribution >= 0.6 is 11.3 Å². The molecule has 0 aliphatic carbocycles. The molecule has 3 aromatic rings. The van der Waals surface area contributed by atoms with Crippen LogP contribution in [0.5, 0.6) is 0 Å². The molecule has 6 heteroatoms. The molecular weight excluding hydrogens is 322 g/mol. The third-order valence-electron chi connectivity index (χ3n) is 4.51. The highest BCUT2D eigenvalue weighted by molar-refractivity contribution is 7.20. The van der Waals surface area contributed by atoms with Gasteiger partial charge in [-0.3, -0.25) is 9.48 Å². The summed E-state index contributed by atoms with van der Waals surface area (Å²) in [4.78, 5) is 15.6. The van der Waals surface area contributed by atoms with Crippen molar-refractivity contribution in [2.24, 2.45) is 7.05 Å². The van der Waals surface area contributed by atoms with Gasteiger partial charge >= 0.3 is 0 Å². The fourth-order valence-corrected chi connectivity index (χ4v) is 4.19. The molecule has 1 aliphatic heterocycles. The second-order valence-corrected chi connectivity index (χ2v) is 7.44. The first-order valence-corrected chi connectivity index (χ1v) is 8.78. The number of thiophene rings is 1. The van der Waals surface area contributed by atoms with Crippen LogP contribution in [0.1, 0.15) is 22.2 Å². The molecule has 0 radical (unpaired) electrons. The molecule has 24 heavy (non-hydrogen) atoms. The molecule has 0 bridgehead atoms. The van der Waals surface area contributed by atoms with Gasteiger partial charge in [-0.1, -0.05) is 18.2 Å². The van der Waals surface area contributed by atoms with Crippen molar-refractivity contribution in [1.29, 1.82) is 0 Å². The average molecular weight is 341 g/mol. The van der Waals surface area contributed by atoms with Crippen LogP contribution in [0.2, 0.25) is 0 Å². The number of hydrogen-bond donors (Lipinski definition) is 0. The summed E-state index contributed by atoms with van der Waals surface area (Å²) >= 11 is 1.55. The van der Waals surface area contributed by atoms with E-state index in [4.69, 9.17) is 4.74 Å². The van der Waals surface area contributed by atoms with Crippen LogP contribution < -0.4 is 0 Å². The fourth-order valence-electron chi connectivity index (χ4n) is 3.16. The van der Waals surface area contributed by atoms with Gasteiger partial charge in [0, 0.05) is 30.1 Å². The van der Waals surface area contributed by atoms with Crippen molar-refractivity contribution in [2.75, 3.05) is 19.7 Å². The summed E-state index contributed by atoms with van der Waals surface area (Å²) in [6.07, 6.45) is 3.76. The lowest BCUT2D eigenvalue weighted by atomic mass is 9.97. The van der Waals surface area contributed by atoms with Gasteiger partial charge in [-0.05, 0) is 24.4 Å². The standard InChI is InChI=1S/C18H19N3O2S/c1-18(14-10-19-20(2)11-14)12-21(7-8-23-18)17(22)16-9-13-5-3-4-6-15(13)24-16/h3-6,9-11H,7-8,12H2,1-2H3. The van der Waals surface area contributed by atoms with E-state index < -0.39 is 5.60 Å². The van der Waals surface area contributed by atoms with E-state index in [1.807, 2.05) is 55.5 Å². The SMILES string of the molecule is Cn1cc(C2(C)CN(C(=O)c3cc4ccccc4s3)CCO2)cn1. The molecule has 3 heterocycles. The summed E-state index contributed by atoms with van der Waals surface area (Å²) in [5.41, 5.74) is 0.484. The Bertz CT molecular complexity index is 867. The number of benzene rings is 1. The van der Waals surface area contributed by atoms with Gasteiger partial charge < -0.3 is 9.64 Å². The highest BCUT2D eigenvalue weighted by Gasteiger charge is 2.37. The lowest BCUT2D eigenvalue weighted by Gasteiger charge is -2.39. The molecule has 4 rings (SSSR count). The number of ether oxygens (including phenoxy) is 1. The van der Waals surface area contributed by atoms with E-state index in [-0.39, 0.29) is 5.91 Å². The van der Waals surface area contributed by atoms with E-state index >= 15 is 0 Å². The molecule has 0 saturated carbocycles. The molecule has 1 atom stereocenters. The molecule has 1 fully saturated rings. The third kappa shape index (κ3) is 2.61. The summed E-state index contributed by atoms with van der Waals surface area (Å²) in [6, 6.07) is 10.1. The molecule has 1 aliphatic rings. The van der Waals surface area contributed by atoms with Crippen LogP contribution in [-0.2, 0) is 17.4 Å². The largest absolute Gasteiger partial charge is 0.367 e. The number of aromatic nitrogens is 2. The van der Waals surface area contributed by atoms with Crippen LogP contribution in [0.4, 0.5) is 0 Å². The highest BCUT2D eigenvalue weighted by Crippen LogP contribution is 2.31. The monoisotopic (exact) mass is 341 g/mol. The first kappa shape index (κ1) is 15.4. The Labute approximate surface area is 144 Å². The van der Waals surface area contributed by atoms with Gasteiger partial charge in [0.15, 0.2) is 0 Å². The molecular formula is C18H19N3O2S. The molecule has 0 N–H and O–H groups in total. The van der Waals surface area contributed by atoms with E-state index in [0.717, 1.165) is 20.5 Å². The second-order valence-electron chi connectivity index (χ2n) is 6.36. The number of aryl methyl sites for hydroxylation is 1. The van der Waals surface area contributed by atoms with Crippen molar-refractivity contribution in [3.63, 3.8) is 0 Å². The Balaban J connectivity index is 1.60. The van der Waals surface area contributed by atoms with Crippen molar-refractivity contribution in [3.8, 4) is 0 Å². The summed E-state index contributed by atoms with van der Waals surface area (Å²) in [6.45, 7) is 3.70. The van der Waals surface area contributed by atoms with Crippen LogP contribution in [-0.4, -0.2) is 40.3 Å². The van der Waals surface area contributed by atoms with Crippen LogP contribution in [0.3, 0.4) is 0 Å². The van der Waals surface area contributed by atoms with Crippen molar-refractivity contribution in [2.45, 2.75) is 12.5 Å². The number of amides is 1. The summed E-state index contributed by atoms with van der Waals surface area (Å²) < 4.78 is 8.90. The molecule has 2 aromatic heterocycles. The Morgan fingerprint density at radius 3 is 2.96 bits per heavy atom. The van der Waals surface area contributed by atoms with Gasteiger partial charge in [0.1, 0.15) is 5.60 Å². The maximum atomic E-state index is 13.0. The van der Waals surface area contributed by atoms with Crippen LogP contribution in [0.15, 0.2) is 42.7 Å². The Kier molecular flexibility index (Phi) is 3.66. The lowest BCUT2D eigenvalue weighted by molar-refractivity contribution is -0.0930. The van der Waals surface area contributed by atoms with Gasteiger partial charge in [0.05, 0.1) is 24.2 Å². The minimum Gasteiger partial charge on any atom is -0.367 e. The van der Waals surface area contributed by atoms with Crippen molar-refractivity contribution in [3.05, 3.63) is 53.2 Å². The first-order valence-electron chi connectivity index (χ1n) is 7.96. The Hall–Kier alpha value is -2.18. The Morgan fingerprint density at radius 2 is 2.21 bits per heavy atom. The first-order chi connectivity index (χ1) is 11.5. The minimum atomic E-state index is -0.515. The highest BCUT2D eigenvalue weighted by atomic mass is 32.1. The third-order valence-corrected chi connectivity index (χ3v) is 5.62. The molecule has 5 nitrogen and oxygen atoms in total. The number of fused-ring (bicyclic) bond motifs is 1. The van der Waals surface area contributed by atoms with E-state index in [9.17, 15) is 4.79 Å². The maximum Gasteiger partial charge on any atom is 0.264 e. The van der Waals surface area contributed by atoms with E-state index in [2.05, 4.69) is 11.2 Å². The summed E-state index contributed by atoms with van der Waals surface area (Å²) in [5, 5.41) is 5.35. The zero-order valence-electron chi connectivity index (χ0n) is 13.7. The minimum absolute atomic E-state index is 0.0783. The van der Waals surface area contributed by atoms with Gasteiger partial charge in [-0.2, -0.15) is 5.10 Å². The van der Waals surface area contributed by atoms with Gasteiger partial charge in [-0.15, -0.1) is 11.3 Å². The predicted molar refractivity (Wildman–Crippen MR) is 94.2 cm³/mol. The molecule has 0 spiro atoms. The van der Waals surface area contributed by atoms with E-state index in [0.29, 0.717) is 19.7 Å². The van der Waals surface area contributed by atoms with E-state index in [1.165, 1.54) is 0 Å². The summed E-state index contributed by atoms with van der Waals surface area (Å²) in [7, 11) is 1.88. The molecule has 124 valence electrons. The predicted octanol–water partition coefficient (Wildman–Crippen LogP) is 3.02. The fraction of sp³-hybridized carbons (Fsp3) is 0.333. The zero-order valence-corrected chi connectivity index (χ0v) is 14.5. The van der Waals surface area contributed by atoms with Crippen LogP contribution in [0.25, 0.3) is 10.1 Å². The Morgan fingerprint density at radius 1 is 1.38 bits per heavy atom. The number of nitrogens with zero attached hydrogens (tertiary/aromatic N) is 3. The van der Waals surface area contributed by atoms with Gasteiger partial charge in [0.2, 0.25) is 0 Å². The molecule has 1 unspecified atom stereocenters. The molecule has 1 aromatic carbocycles. The lowest BCUT2D eigenvalue weighted by Crippen LogP contribution is -2.50. The van der Waals surface area contributed by atoms with Crippen molar-refractivity contribution in [1.82, 2.24) is 14.7 Å². The molecule has 1 amide bonds. The normalized spacial score (nSPS) is 21.3. The quantitative estimate of drug-likeness (QED) is 0.720. The number of morpholine rings is 1. The second kappa shape index (κ2) is 5.72. The van der Waals surface area contributed by atoms with Crippen molar-refractivity contribution >= 4 is 27.3 Å². The summed E-state index contributed by atoms with van der Waals surface area (Å²) in [5.74, 6) is 0.0783. The van der Waals surface area contributed by atoms with E-state index in [1.54, 1.807) is 16.0 Å². The number of carbonyl (C=O) groups excluding carboxylic acids is 1. The maximum absolute atomic E-state index is 13.0. The zero-order chi connectivity index (χ0) is 16.7. The number of carbonyl (C=O) groups is 1. The van der Waals surface area contributed by atoms with Crippen molar-refractivity contribution < 1.29 is 9.53 Å². The number of hydrogen-bond acceptors (Lipinski definition) is 4. The van der Waals surface area contributed by atoms with Gasteiger partial charge in [0.25, 0.3) is 5.91 Å².